The van der Waals surface area contributed by atoms with E-state index in [0.29, 0.717) is 12.5 Å². The second kappa shape index (κ2) is 8.71. The number of hydrogen-bond acceptors (Lipinski definition) is 6. The monoisotopic (exact) mass is 376 g/mol. The van der Waals surface area contributed by atoms with Crippen LogP contribution in [0.5, 0.6) is 11.6 Å². The lowest BCUT2D eigenvalue weighted by atomic mass is 10.1. The van der Waals surface area contributed by atoms with Crippen LogP contribution >= 0.6 is 0 Å². The van der Waals surface area contributed by atoms with Crippen molar-refractivity contribution in [1.29, 1.82) is 0 Å². The van der Waals surface area contributed by atoms with E-state index < -0.39 is 0 Å². The highest BCUT2D eigenvalue weighted by molar-refractivity contribution is 5.51. The molecule has 6 nitrogen and oxygen atoms in total. The van der Waals surface area contributed by atoms with Gasteiger partial charge in [-0.1, -0.05) is 24.3 Å². The summed E-state index contributed by atoms with van der Waals surface area (Å²) in [5.74, 6) is 1.55. The SMILES string of the molecule is COc1ccccc1CN1CCNc2cnc(OCc3cccnc3)cc2C1. The molecule has 2 aromatic heterocycles. The maximum atomic E-state index is 5.87. The van der Waals surface area contributed by atoms with Gasteiger partial charge in [0.1, 0.15) is 12.4 Å². The standard InChI is InChI=1S/C22H24N4O2/c1-27-21-7-3-2-6-18(21)14-26-10-9-24-20-13-25-22(11-19(20)15-26)28-16-17-5-4-8-23-12-17/h2-8,11-13,24H,9-10,14-16H2,1H3. The van der Waals surface area contributed by atoms with Crippen LogP contribution in [0.15, 0.2) is 61.1 Å². The third-order valence-corrected chi connectivity index (χ3v) is 4.80. The molecule has 0 spiro atoms. The fourth-order valence-corrected chi connectivity index (χ4v) is 3.36. The zero-order chi connectivity index (χ0) is 19.2. The van der Waals surface area contributed by atoms with E-state index in [1.54, 1.807) is 19.5 Å². The zero-order valence-electron chi connectivity index (χ0n) is 16.0. The molecule has 28 heavy (non-hydrogen) atoms. The van der Waals surface area contributed by atoms with Crippen LogP contribution in [0.1, 0.15) is 16.7 Å². The van der Waals surface area contributed by atoms with Crippen molar-refractivity contribution < 1.29 is 9.47 Å². The molecule has 0 amide bonds. The second-order valence-electron chi connectivity index (χ2n) is 6.78. The average molecular weight is 376 g/mol. The quantitative estimate of drug-likeness (QED) is 0.711. The summed E-state index contributed by atoms with van der Waals surface area (Å²) in [7, 11) is 1.72. The minimum absolute atomic E-state index is 0.456. The summed E-state index contributed by atoms with van der Waals surface area (Å²) >= 11 is 0. The highest BCUT2D eigenvalue weighted by atomic mass is 16.5. The van der Waals surface area contributed by atoms with Gasteiger partial charge in [-0.25, -0.2) is 4.98 Å². The van der Waals surface area contributed by atoms with E-state index in [1.165, 1.54) is 11.1 Å². The van der Waals surface area contributed by atoms with Crippen LogP contribution in [0.3, 0.4) is 0 Å². The van der Waals surface area contributed by atoms with E-state index in [4.69, 9.17) is 9.47 Å². The van der Waals surface area contributed by atoms with Crippen LogP contribution in [0, 0.1) is 0 Å². The molecule has 0 aliphatic carbocycles. The predicted octanol–water partition coefficient (Wildman–Crippen LogP) is 3.49. The van der Waals surface area contributed by atoms with E-state index >= 15 is 0 Å². The van der Waals surface area contributed by atoms with Gasteiger partial charge in [-0.05, 0) is 17.7 Å². The Balaban J connectivity index is 1.47. The molecule has 0 fully saturated rings. The van der Waals surface area contributed by atoms with Gasteiger partial charge in [-0.15, -0.1) is 0 Å². The Hall–Kier alpha value is -3.12. The number of fused-ring (bicyclic) bond motifs is 1. The first-order valence-corrected chi connectivity index (χ1v) is 9.40. The highest BCUT2D eigenvalue weighted by Gasteiger charge is 2.17. The fraction of sp³-hybridized carbons (Fsp3) is 0.273. The predicted molar refractivity (Wildman–Crippen MR) is 108 cm³/mol. The molecule has 6 heteroatoms. The third kappa shape index (κ3) is 4.40. The van der Waals surface area contributed by atoms with Crippen molar-refractivity contribution in [3.05, 3.63) is 77.7 Å². The van der Waals surface area contributed by atoms with Crippen molar-refractivity contribution in [3.63, 3.8) is 0 Å². The number of ether oxygens (including phenoxy) is 2. The number of para-hydroxylation sites is 1. The Kier molecular flexibility index (Phi) is 5.68. The largest absolute Gasteiger partial charge is 0.496 e. The molecule has 3 aromatic rings. The average Bonchev–Trinajstić information content (AvgIpc) is 2.94. The van der Waals surface area contributed by atoms with Gasteiger partial charge in [0.25, 0.3) is 0 Å². The van der Waals surface area contributed by atoms with E-state index in [0.717, 1.165) is 43.2 Å². The maximum Gasteiger partial charge on any atom is 0.213 e. The van der Waals surface area contributed by atoms with Gasteiger partial charge in [0.2, 0.25) is 5.88 Å². The molecule has 3 heterocycles. The van der Waals surface area contributed by atoms with Gasteiger partial charge in [0.15, 0.2) is 0 Å². The number of benzene rings is 1. The molecule has 0 saturated heterocycles. The van der Waals surface area contributed by atoms with E-state index in [9.17, 15) is 0 Å². The Morgan fingerprint density at radius 1 is 1.14 bits per heavy atom. The summed E-state index contributed by atoms with van der Waals surface area (Å²) in [4.78, 5) is 11.0. The van der Waals surface area contributed by atoms with Crippen LogP contribution in [0.25, 0.3) is 0 Å². The first kappa shape index (κ1) is 18.3. The lowest BCUT2D eigenvalue weighted by molar-refractivity contribution is 0.264. The number of aromatic nitrogens is 2. The molecule has 1 aliphatic rings. The smallest absolute Gasteiger partial charge is 0.213 e. The summed E-state index contributed by atoms with van der Waals surface area (Å²) in [5.41, 5.74) is 4.46. The summed E-state index contributed by atoms with van der Waals surface area (Å²) in [6.45, 7) is 3.93. The normalized spacial score (nSPS) is 13.9. The summed E-state index contributed by atoms with van der Waals surface area (Å²) < 4.78 is 11.4. The van der Waals surface area contributed by atoms with E-state index in [1.807, 2.05) is 36.5 Å². The molecule has 0 saturated carbocycles. The van der Waals surface area contributed by atoms with Gasteiger partial charge in [0, 0.05) is 55.8 Å². The number of rotatable bonds is 6. The Bertz CT molecular complexity index is 917. The number of pyridine rings is 2. The van der Waals surface area contributed by atoms with Gasteiger partial charge in [0.05, 0.1) is 19.0 Å². The van der Waals surface area contributed by atoms with E-state index in [2.05, 4.69) is 32.3 Å². The Morgan fingerprint density at radius 3 is 2.93 bits per heavy atom. The van der Waals surface area contributed by atoms with Crippen molar-refractivity contribution >= 4 is 5.69 Å². The molecule has 0 atom stereocenters. The molecule has 0 bridgehead atoms. The topological polar surface area (TPSA) is 59.5 Å². The summed E-state index contributed by atoms with van der Waals surface area (Å²) in [6.07, 6.45) is 5.42. The zero-order valence-corrected chi connectivity index (χ0v) is 16.0. The number of methoxy groups -OCH3 is 1. The lowest BCUT2D eigenvalue weighted by Crippen LogP contribution is -2.25. The van der Waals surface area contributed by atoms with Gasteiger partial charge >= 0.3 is 0 Å². The van der Waals surface area contributed by atoms with Crippen LogP contribution in [-0.4, -0.2) is 35.1 Å². The van der Waals surface area contributed by atoms with Crippen molar-refractivity contribution in [2.24, 2.45) is 0 Å². The van der Waals surface area contributed by atoms with Crippen molar-refractivity contribution in [2.75, 3.05) is 25.5 Å². The number of hydrogen-bond donors (Lipinski definition) is 1. The molecule has 144 valence electrons. The molecule has 0 unspecified atom stereocenters. The molecular weight excluding hydrogens is 352 g/mol. The van der Waals surface area contributed by atoms with Gasteiger partial charge in [-0.3, -0.25) is 9.88 Å². The van der Waals surface area contributed by atoms with E-state index in [-0.39, 0.29) is 0 Å². The Labute approximate surface area is 165 Å². The van der Waals surface area contributed by atoms with Crippen LogP contribution in [0.2, 0.25) is 0 Å². The molecule has 0 radical (unpaired) electrons. The van der Waals surface area contributed by atoms with Crippen LogP contribution in [-0.2, 0) is 19.7 Å². The molecule has 1 aromatic carbocycles. The molecule has 1 aliphatic heterocycles. The fourth-order valence-electron chi connectivity index (χ4n) is 3.36. The van der Waals surface area contributed by atoms with Gasteiger partial charge in [-0.2, -0.15) is 0 Å². The second-order valence-corrected chi connectivity index (χ2v) is 6.78. The van der Waals surface area contributed by atoms with Crippen LogP contribution < -0.4 is 14.8 Å². The number of nitrogens with zero attached hydrogens (tertiary/aromatic N) is 3. The summed E-state index contributed by atoms with van der Waals surface area (Å²) in [6, 6.07) is 14.1. The minimum atomic E-state index is 0.456. The maximum absolute atomic E-state index is 5.87. The third-order valence-electron chi connectivity index (χ3n) is 4.80. The highest BCUT2D eigenvalue weighted by Crippen LogP contribution is 2.26. The minimum Gasteiger partial charge on any atom is -0.496 e. The Morgan fingerprint density at radius 2 is 2.07 bits per heavy atom. The van der Waals surface area contributed by atoms with Crippen molar-refractivity contribution in [1.82, 2.24) is 14.9 Å². The van der Waals surface area contributed by atoms with Crippen LogP contribution in [0.4, 0.5) is 5.69 Å². The van der Waals surface area contributed by atoms with Crippen molar-refractivity contribution in [2.45, 2.75) is 19.7 Å². The van der Waals surface area contributed by atoms with Crippen molar-refractivity contribution in [3.8, 4) is 11.6 Å². The first-order valence-electron chi connectivity index (χ1n) is 9.40. The summed E-state index contributed by atoms with van der Waals surface area (Å²) in [5, 5.41) is 3.47. The molecule has 1 N–H and O–H groups in total. The lowest BCUT2D eigenvalue weighted by Gasteiger charge is -2.21. The first-order chi connectivity index (χ1) is 13.8. The molecular formula is C22H24N4O2. The van der Waals surface area contributed by atoms with Gasteiger partial charge < -0.3 is 14.8 Å². The molecule has 4 rings (SSSR count). The number of anilines is 1. The number of nitrogens with one attached hydrogen (secondary N) is 1.